The fraction of sp³-hybridized carbons (Fsp3) is 0.500. The summed E-state index contributed by atoms with van der Waals surface area (Å²) in [5, 5.41) is 2.23. The molecule has 72 valence electrons. The highest BCUT2D eigenvalue weighted by atomic mass is 35.5. The molecule has 1 aromatic heterocycles. The van der Waals surface area contributed by atoms with Crippen molar-refractivity contribution in [3.05, 3.63) is 16.1 Å². The van der Waals surface area contributed by atoms with Crippen molar-refractivity contribution in [2.45, 2.75) is 13.3 Å². The summed E-state index contributed by atoms with van der Waals surface area (Å²) in [5.74, 6) is 0.166. The molecule has 1 aromatic rings. The van der Waals surface area contributed by atoms with E-state index in [2.05, 4.69) is 4.98 Å². The molecule has 0 unspecified atom stereocenters. The molecule has 0 aliphatic heterocycles. The molecule has 0 aliphatic rings. The smallest absolute Gasteiger partial charge is 0.367 e. The number of alkyl halides is 1. The highest BCUT2D eigenvalue weighted by Gasteiger charge is 2.11. The maximum atomic E-state index is 11.2. The first-order valence-electron chi connectivity index (χ1n) is 3.95. The standard InChI is InChI=1S/C8H10ClNO2S/c1-2-12-8(11)7-10-6(3-4-9)5-13-7/h5H,2-4H2,1H3. The molecule has 3 nitrogen and oxygen atoms in total. The highest BCUT2D eigenvalue weighted by molar-refractivity contribution is 7.11. The van der Waals surface area contributed by atoms with Crippen molar-refractivity contribution < 1.29 is 9.53 Å². The maximum absolute atomic E-state index is 11.2. The summed E-state index contributed by atoms with van der Waals surface area (Å²) in [4.78, 5) is 15.2. The Labute approximate surface area is 85.7 Å². The molecule has 0 N–H and O–H groups in total. The zero-order valence-electron chi connectivity index (χ0n) is 7.25. The molecule has 0 aromatic carbocycles. The minimum absolute atomic E-state index is 0.353. The zero-order chi connectivity index (χ0) is 9.68. The van der Waals surface area contributed by atoms with Gasteiger partial charge in [0.2, 0.25) is 5.01 Å². The van der Waals surface area contributed by atoms with Crippen LogP contribution in [0.2, 0.25) is 0 Å². The lowest BCUT2D eigenvalue weighted by Crippen LogP contribution is -2.04. The molecule has 0 saturated heterocycles. The fourth-order valence-corrected chi connectivity index (χ4v) is 1.74. The molecule has 0 bridgehead atoms. The van der Waals surface area contributed by atoms with E-state index in [1.807, 2.05) is 5.38 Å². The molecule has 1 rings (SSSR count). The number of ether oxygens (including phenoxy) is 1. The Bertz CT molecular complexity index is 287. The lowest BCUT2D eigenvalue weighted by Gasteiger charge is -1.95. The van der Waals surface area contributed by atoms with E-state index in [0.29, 0.717) is 23.9 Å². The van der Waals surface area contributed by atoms with Gasteiger partial charge >= 0.3 is 5.97 Å². The Kier molecular flexibility index (Phi) is 4.18. The maximum Gasteiger partial charge on any atom is 0.367 e. The van der Waals surface area contributed by atoms with E-state index in [4.69, 9.17) is 16.3 Å². The van der Waals surface area contributed by atoms with Crippen LogP contribution in [0.3, 0.4) is 0 Å². The van der Waals surface area contributed by atoms with Gasteiger partial charge in [-0.15, -0.1) is 22.9 Å². The van der Waals surface area contributed by atoms with Gasteiger partial charge in [-0.1, -0.05) is 0 Å². The number of hydrogen-bond acceptors (Lipinski definition) is 4. The van der Waals surface area contributed by atoms with E-state index in [-0.39, 0.29) is 5.97 Å². The topological polar surface area (TPSA) is 39.2 Å². The van der Waals surface area contributed by atoms with Crippen molar-refractivity contribution in [1.29, 1.82) is 0 Å². The van der Waals surface area contributed by atoms with Crippen LogP contribution in [-0.4, -0.2) is 23.4 Å². The minimum atomic E-state index is -0.353. The number of hydrogen-bond donors (Lipinski definition) is 0. The van der Waals surface area contributed by atoms with Crippen LogP contribution in [0.4, 0.5) is 0 Å². The number of thiazole rings is 1. The Morgan fingerprint density at radius 1 is 1.77 bits per heavy atom. The Morgan fingerprint density at radius 2 is 2.54 bits per heavy atom. The van der Waals surface area contributed by atoms with E-state index in [0.717, 1.165) is 5.69 Å². The lowest BCUT2D eigenvalue weighted by atomic mass is 10.4. The molecule has 0 amide bonds. The quantitative estimate of drug-likeness (QED) is 0.575. The zero-order valence-corrected chi connectivity index (χ0v) is 8.82. The van der Waals surface area contributed by atoms with Gasteiger partial charge in [0.15, 0.2) is 0 Å². The Hall–Kier alpha value is -0.610. The number of carbonyl (C=O) groups is 1. The molecular formula is C8H10ClNO2S. The van der Waals surface area contributed by atoms with Crippen molar-refractivity contribution in [3.63, 3.8) is 0 Å². The first-order chi connectivity index (χ1) is 6.27. The first-order valence-corrected chi connectivity index (χ1v) is 5.36. The van der Waals surface area contributed by atoms with Crippen LogP contribution in [-0.2, 0) is 11.2 Å². The van der Waals surface area contributed by atoms with E-state index in [1.165, 1.54) is 11.3 Å². The van der Waals surface area contributed by atoms with Crippen LogP contribution in [0, 0.1) is 0 Å². The predicted molar refractivity (Wildman–Crippen MR) is 52.5 cm³/mol. The van der Waals surface area contributed by atoms with Crippen LogP contribution in [0.15, 0.2) is 5.38 Å². The lowest BCUT2D eigenvalue weighted by molar-refractivity contribution is 0.0525. The molecule has 0 spiro atoms. The van der Waals surface area contributed by atoms with Crippen LogP contribution in [0.1, 0.15) is 22.4 Å². The van der Waals surface area contributed by atoms with Gasteiger partial charge in [0.1, 0.15) is 0 Å². The van der Waals surface area contributed by atoms with Crippen molar-refractivity contribution in [2.75, 3.05) is 12.5 Å². The predicted octanol–water partition coefficient (Wildman–Crippen LogP) is 2.10. The number of aromatic nitrogens is 1. The van der Waals surface area contributed by atoms with Crippen LogP contribution in [0.25, 0.3) is 0 Å². The summed E-state index contributed by atoms with van der Waals surface area (Å²) in [6, 6.07) is 0. The number of halogens is 1. The van der Waals surface area contributed by atoms with Gasteiger partial charge in [-0.3, -0.25) is 0 Å². The van der Waals surface area contributed by atoms with Crippen molar-refractivity contribution in [2.24, 2.45) is 0 Å². The molecule has 13 heavy (non-hydrogen) atoms. The molecule has 0 radical (unpaired) electrons. The number of rotatable bonds is 4. The van der Waals surface area contributed by atoms with Gasteiger partial charge in [0.05, 0.1) is 12.3 Å². The van der Waals surface area contributed by atoms with Crippen LogP contribution < -0.4 is 0 Å². The second-order valence-corrected chi connectivity index (χ2v) is 3.54. The van der Waals surface area contributed by atoms with Gasteiger partial charge in [-0.25, -0.2) is 9.78 Å². The second-order valence-electron chi connectivity index (χ2n) is 2.30. The van der Waals surface area contributed by atoms with Crippen molar-refractivity contribution in [1.82, 2.24) is 4.98 Å². The van der Waals surface area contributed by atoms with Crippen molar-refractivity contribution >= 4 is 28.9 Å². The summed E-state index contributed by atoms with van der Waals surface area (Å²) in [7, 11) is 0. The molecule has 1 heterocycles. The number of aryl methyl sites for hydroxylation is 1. The molecule has 5 heteroatoms. The second kappa shape index (κ2) is 5.19. The third kappa shape index (κ3) is 2.97. The van der Waals surface area contributed by atoms with E-state index in [9.17, 15) is 4.79 Å². The van der Waals surface area contributed by atoms with E-state index < -0.39 is 0 Å². The minimum Gasteiger partial charge on any atom is -0.461 e. The van der Waals surface area contributed by atoms with Crippen LogP contribution >= 0.6 is 22.9 Å². The summed E-state index contributed by atoms with van der Waals surface area (Å²) in [6.07, 6.45) is 0.692. The van der Waals surface area contributed by atoms with E-state index in [1.54, 1.807) is 6.92 Å². The van der Waals surface area contributed by atoms with Gasteiger partial charge in [-0.2, -0.15) is 0 Å². The Morgan fingerprint density at radius 3 is 3.15 bits per heavy atom. The SMILES string of the molecule is CCOC(=O)c1nc(CCCl)cs1. The molecular weight excluding hydrogens is 210 g/mol. The Balaban J connectivity index is 2.62. The van der Waals surface area contributed by atoms with Crippen LogP contribution in [0.5, 0.6) is 0 Å². The third-order valence-electron chi connectivity index (χ3n) is 1.35. The van der Waals surface area contributed by atoms with E-state index >= 15 is 0 Å². The summed E-state index contributed by atoms with van der Waals surface area (Å²) >= 11 is 6.83. The largest absolute Gasteiger partial charge is 0.461 e. The number of nitrogens with zero attached hydrogens (tertiary/aromatic N) is 1. The summed E-state index contributed by atoms with van der Waals surface area (Å²) < 4.78 is 4.80. The highest BCUT2D eigenvalue weighted by Crippen LogP contribution is 2.11. The number of carbonyl (C=O) groups excluding carboxylic acids is 1. The molecule has 0 atom stereocenters. The average Bonchev–Trinajstić information content (AvgIpc) is 2.54. The first kappa shape index (κ1) is 10.5. The summed E-state index contributed by atoms with van der Waals surface area (Å²) in [5.41, 5.74) is 0.850. The third-order valence-corrected chi connectivity index (χ3v) is 2.41. The number of esters is 1. The van der Waals surface area contributed by atoms with Gasteiger partial charge in [0, 0.05) is 17.7 Å². The van der Waals surface area contributed by atoms with Gasteiger partial charge in [-0.05, 0) is 6.92 Å². The molecule has 0 saturated carbocycles. The molecule has 0 fully saturated rings. The molecule has 0 aliphatic carbocycles. The average molecular weight is 220 g/mol. The fourth-order valence-electron chi connectivity index (χ4n) is 0.805. The van der Waals surface area contributed by atoms with Gasteiger partial charge in [0.25, 0.3) is 0 Å². The van der Waals surface area contributed by atoms with Gasteiger partial charge < -0.3 is 4.74 Å². The van der Waals surface area contributed by atoms with Crippen molar-refractivity contribution in [3.8, 4) is 0 Å². The normalized spacial score (nSPS) is 10.0. The summed E-state index contributed by atoms with van der Waals surface area (Å²) in [6.45, 7) is 2.15. The monoisotopic (exact) mass is 219 g/mol.